The van der Waals surface area contributed by atoms with Gasteiger partial charge in [-0.05, 0) is 137 Å². The van der Waals surface area contributed by atoms with Crippen molar-refractivity contribution in [2.75, 3.05) is 0 Å². The van der Waals surface area contributed by atoms with Gasteiger partial charge in [-0.15, -0.1) is 0 Å². The van der Waals surface area contributed by atoms with Crippen molar-refractivity contribution in [3.05, 3.63) is 0 Å². The third-order valence-corrected chi connectivity index (χ3v) is 14.9. The van der Waals surface area contributed by atoms with E-state index in [0.29, 0.717) is 0 Å². The number of hydrogen-bond donors (Lipinski definition) is 0. The molecule has 0 aromatic rings. The van der Waals surface area contributed by atoms with Crippen molar-refractivity contribution in [2.24, 2.45) is 47.3 Å². The molecule has 0 N–H and O–H groups in total. The molecule has 42 heavy (non-hydrogen) atoms. The summed E-state index contributed by atoms with van der Waals surface area (Å²) in [4.78, 5) is 6.55. The minimum absolute atomic E-state index is 0.831. The van der Waals surface area contributed by atoms with Crippen LogP contribution < -0.4 is 0 Å². The SMILES string of the molecule is CC1CCC(N(C2CCCCC2)C2C(C)CC3C(C)C(N(C4CCCCC4)C4CCC(C)CC4)C(C)CC3C2C)CC1. The first-order valence-corrected chi connectivity index (χ1v) is 19.9. The summed E-state index contributed by atoms with van der Waals surface area (Å²) in [5.74, 6) is 7.25. The van der Waals surface area contributed by atoms with E-state index in [1.165, 1.54) is 128 Å². The molecule has 2 heteroatoms. The highest BCUT2D eigenvalue weighted by molar-refractivity contribution is 5.06. The van der Waals surface area contributed by atoms with Crippen LogP contribution in [0.15, 0.2) is 0 Å². The van der Waals surface area contributed by atoms with Gasteiger partial charge in [0.05, 0.1) is 0 Å². The topological polar surface area (TPSA) is 6.48 Å². The van der Waals surface area contributed by atoms with Gasteiger partial charge in [0.1, 0.15) is 0 Å². The van der Waals surface area contributed by atoms with Gasteiger partial charge in [0.25, 0.3) is 0 Å². The number of rotatable bonds is 6. The van der Waals surface area contributed by atoms with Crippen LogP contribution in [0.2, 0.25) is 0 Å². The fraction of sp³-hybridized carbons (Fsp3) is 1.00. The van der Waals surface area contributed by atoms with Crippen LogP contribution in [0, 0.1) is 47.3 Å². The van der Waals surface area contributed by atoms with E-state index in [0.717, 1.165) is 83.6 Å². The molecule has 0 radical (unpaired) electrons. The average molecular weight is 581 g/mol. The van der Waals surface area contributed by atoms with E-state index in [1.807, 2.05) is 0 Å². The van der Waals surface area contributed by atoms with Crippen LogP contribution in [-0.2, 0) is 0 Å². The Balaban J connectivity index is 1.24. The molecule has 2 nitrogen and oxygen atoms in total. The van der Waals surface area contributed by atoms with Crippen LogP contribution in [-0.4, -0.2) is 46.1 Å². The molecule has 242 valence electrons. The zero-order valence-corrected chi connectivity index (χ0v) is 29.1. The predicted octanol–water partition coefficient (Wildman–Crippen LogP) is 10.7. The van der Waals surface area contributed by atoms with Gasteiger partial charge in [-0.1, -0.05) is 80.1 Å². The van der Waals surface area contributed by atoms with Crippen molar-refractivity contribution in [3.63, 3.8) is 0 Å². The Morgan fingerprint density at radius 2 is 0.667 bits per heavy atom. The highest BCUT2D eigenvalue weighted by atomic mass is 15.2. The summed E-state index contributed by atoms with van der Waals surface area (Å²) in [6, 6.07) is 5.17. The molecule has 0 amide bonds. The molecule has 6 aliphatic carbocycles. The summed E-state index contributed by atoms with van der Waals surface area (Å²) >= 11 is 0. The molecule has 0 saturated heterocycles. The quantitative estimate of drug-likeness (QED) is 0.308. The highest BCUT2D eigenvalue weighted by Gasteiger charge is 2.54. The molecule has 6 saturated carbocycles. The lowest BCUT2D eigenvalue weighted by molar-refractivity contribution is -0.119. The van der Waals surface area contributed by atoms with Crippen molar-refractivity contribution in [2.45, 2.75) is 206 Å². The third kappa shape index (κ3) is 6.57. The molecule has 8 atom stereocenters. The van der Waals surface area contributed by atoms with E-state index in [9.17, 15) is 0 Å². The molecule has 0 bridgehead atoms. The Kier molecular flexibility index (Phi) is 10.7. The van der Waals surface area contributed by atoms with Gasteiger partial charge in [0.15, 0.2) is 0 Å². The number of hydrogen-bond acceptors (Lipinski definition) is 2. The molecule has 0 heterocycles. The lowest BCUT2D eigenvalue weighted by Crippen LogP contribution is -2.64. The molecule has 6 aliphatic rings. The van der Waals surface area contributed by atoms with E-state index in [2.05, 4.69) is 51.3 Å². The predicted molar refractivity (Wildman–Crippen MR) is 181 cm³/mol. The van der Waals surface area contributed by atoms with Crippen LogP contribution in [0.3, 0.4) is 0 Å². The lowest BCUT2D eigenvalue weighted by atomic mass is 9.54. The summed E-state index contributed by atoms with van der Waals surface area (Å²) < 4.78 is 0. The lowest BCUT2D eigenvalue weighted by Gasteiger charge is -2.61. The van der Waals surface area contributed by atoms with Crippen molar-refractivity contribution in [3.8, 4) is 0 Å². The maximum atomic E-state index is 3.27. The van der Waals surface area contributed by atoms with Crippen molar-refractivity contribution < 1.29 is 0 Å². The van der Waals surface area contributed by atoms with Crippen molar-refractivity contribution in [1.82, 2.24) is 9.80 Å². The third-order valence-electron chi connectivity index (χ3n) is 14.9. The zero-order chi connectivity index (χ0) is 29.4. The summed E-state index contributed by atoms with van der Waals surface area (Å²) in [7, 11) is 0. The Morgan fingerprint density at radius 3 is 1.00 bits per heavy atom. The zero-order valence-electron chi connectivity index (χ0n) is 29.1. The molecule has 6 rings (SSSR count). The second-order valence-electron chi connectivity index (χ2n) is 17.8. The van der Waals surface area contributed by atoms with E-state index in [4.69, 9.17) is 0 Å². The van der Waals surface area contributed by atoms with Crippen molar-refractivity contribution >= 4 is 0 Å². The molecule has 0 spiro atoms. The Hall–Kier alpha value is -0.0800. The maximum absolute atomic E-state index is 3.27. The second kappa shape index (κ2) is 14.1. The minimum Gasteiger partial charge on any atom is -0.294 e. The molecule has 0 aliphatic heterocycles. The molecular formula is C40H72N2. The Labute approximate surface area is 262 Å². The fourth-order valence-corrected chi connectivity index (χ4v) is 12.8. The average Bonchev–Trinajstić information content (AvgIpc) is 3.00. The van der Waals surface area contributed by atoms with Gasteiger partial charge in [0, 0.05) is 36.3 Å². The monoisotopic (exact) mass is 581 g/mol. The van der Waals surface area contributed by atoms with Gasteiger partial charge in [-0.3, -0.25) is 9.80 Å². The smallest absolute Gasteiger partial charge is 0.0155 e. The Bertz CT molecular complexity index is 743. The largest absolute Gasteiger partial charge is 0.294 e. The first-order valence-electron chi connectivity index (χ1n) is 19.9. The van der Waals surface area contributed by atoms with E-state index in [-0.39, 0.29) is 0 Å². The standard InChI is InChI=1S/C40H72N2/c1-27-17-21-35(22-18-27)41(33-13-9-7-10-14-33)39-29(3)25-38-32(6)40(30(4)26-37(38)31(39)5)42(34-15-11-8-12-16-34)36-23-19-28(2)20-24-36/h27-40H,7-26H2,1-6H3. The highest BCUT2D eigenvalue weighted by Crippen LogP contribution is 2.55. The van der Waals surface area contributed by atoms with Crippen LogP contribution in [0.1, 0.15) is 170 Å². The first kappa shape index (κ1) is 31.9. The first-order chi connectivity index (χ1) is 20.3. The van der Waals surface area contributed by atoms with Gasteiger partial charge in [-0.25, -0.2) is 0 Å². The summed E-state index contributed by atoms with van der Waals surface area (Å²) in [6.45, 7) is 16.0. The van der Waals surface area contributed by atoms with E-state index >= 15 is 0 Å². The van der Waals surface area contributed by atoms with Gasteiger partial charge >= 0.3 is 0 Å². The summed E-state index contributed by atoms with van der Waals surface area (Å²) in [6.07, 6.45) is 29.7. The summed E-state index contributed by atoms with van der Waals surface area (Å²) in [5.41, 5.74) is 0. The minimum atomic E-state index is 0.831. The fourth-order valence-electron chi connectivity index (χ4n) is 12.8. The van der Waals surface area contributed by atoms with Crippen LogP contribution >= 0.6 is 0 Å². The van der Waals surface area contributed by atoms with E-state index < -0.39 is 0 Å². The second-order valence-corrected chi connectivity index (χ2v) is 17.8. The van der Waals surface area contributed by atoms with Crippen LogP contribution in [0.25, 0.3) is 0 Å². The van der Waals surface area contributed by atoms with Gasteiger partial charge in [-0.2, -0.15) is 0 Å². The van der Waals surface area contributed by atoms with Crippen LogP contribution in [0.4, 0.5) is 0 Å². The molecule has 8 unspecified atom stereocenters. The van der Waals surface area contributed by atoms with Gasteiger partial charge < -0.3 is 0 Å². The molecular weight excluding hydrogens is 508 g/mol. The van der Waals surface area contributed by atoms with Gasteiger partial charge in [0.2, 0.25) is 0 Å². The Morgan fingerprint density at radius 1 is 0.357 bits per heavy atom. The summed E-state index contributed by atoms with van der Waals surface area (Å²) in [5, 5.41) is 0. The molecule has 0 aromatic heterocycles. The number of nitrogens with zero attached hydrogens (tertiary/aromatic N) is 2. The molecule has 6 fully saturated rings. The maximum Gasteiger partial charge on any atom is 0.0155 e. The van der Waals surface area contributed by atoms with Crippen molar-refractivity contribution in [1.29, 1.82) is 0 Å². The van der Waals surface area contributed by atoms with E-state index in [1.54, 1.807) is 0 Å². The normalized spacial score (nSPS) is 46.6. The molecule has 0 aromatic carbocycles. The van der Waals surface area contributed by atoms with Crippen LogP contribution in [0.5, 0.6) is 0 Å². The number of fused-ring (bicyclic) bond motifs is 1.